The average Bonchev–Trinajstić information content (AvgIpc) is 3.21. The Morgan fingerprint density at radius 3 is 2.69 bits per heavy atom. The fraction of sp³-hybridized carbons (Fsp3) is 0.0476. The van der Waals surface area contributed by atoms with Crippen LogP contribution in [0.4, 0.5) is 5.69 Å². The molecule has 0 atom stereocenters. The van der Waals surface area contributed by atoms with Crippen molar-refractivity contribution in [1.29, 1.82) is 0 Å². The molecule has 0 saturated carbocycles. The van der Waals surface area contributed by atoms with Gasteiger partial charge in [-0.15, -0.1) is 11.8 Å². The number of fused-ring (bicyclic) bond motifs is 1. The molecular weight excluding hydrogens is 342 g/mol. The van der Waals surface area contributed by atoms with E-state index in [1.54, 1.807) is 10.9 Å². The Labute approximate surface area is 155 Å². The monoisotopic (exact) mass is 359 g/mol. The van der Waals surface area contributed by atoms with Gasteiger partial charge in [-0.1, -0.05) is 36.4 Å². The number of nitrogens with zero attached hydrogens (tertiary/aromatic N) is 2. The zero-order valence-electron chi connectivity index (χ0n) is 14.0. The van der Waals surface area contributed by atoms with Gasteiger partial charge in [0.15, 0.2) is 0 Å². The van der Waals surface area contributed by atoms with Crippen LogP contribution in [0.3, 0.4) is 0 Å². The summed E-state index contributed by atoms with van der Waals surface area (Å²) >= 11 is 1.53. The summed E-state index contributed by atoms with van der Waals surface area (Å²) in [4.78, 5) is 13.4. The third kappa shape index (κ3) is 3.78. The van der Waals surface area contributed by atoms with Crippen molar-refractivity contribution in [2.24, 2.45) is 0 Å². The van der Waals surface area contributed by atoms with Gasteiger partial charge in [0.25, 0.3) is 0 Å². The van der Waals surface area contributed by atoms with Crippen molar-refractivity contribution in [2.75, 3.05) is 11.1 Å². The summed E-state index contributed by atoms with van der Waals surface area (Å²) in [6, 6.07) is 24.0. The number of rotatable bonds is 5. The van der Waals surface area contributed by atoms with E-state index in [9.17, 15) is 4.79 Å². The summed E-state index contributed by atoms with van der Waals surface area (Å²) in [6.45, 7) is 0. The van der Waals surface area contributed by atoms with E-state index >= 15 is 0 Å². The van der Waals surface area contributed by atoms with E-state index in [1.807, 2.05) is 48.7 Å². The third-order valence-electron chi connectivity index (χ3n) is 3.99. The Morgan fingerprint density at radius 2 is 1.85 bits per heavy atom. The van der Waals surface area contributed by atoms with E-state index in [4.69, 9.17) is 0 Å². The Morgan fingerprint density at radius 1 is 0.962 bits per heavy atom. The molecule has 0 bridgehead atoms. The highest BCUT2D eigenvalue weighted by Gasteiger charge is 2.06. The molecule has 1 heterocycles. The van der Waals surface area contributed by atoms with Crippen LogP contribution in [0, 0.1) is 0 Å². The molecule has 0 aliphatic heterocycles. The van der Waals surface area contributed by atoms with Gasteiger partial charge in [0, 0.05) is 23.0 Å². The Bertz CT molecular complexity index is 1040. The number of aromatic nitrogens is 2. The van der Waals surface area contributed by atoms with E-state index < -0.39 is 0 Å². The fourth-order valence-corrected chi connectivity index (χ4v) is 3.50. The molecule has 0 saturated heterocycles. The number of anilines is 1. The van der Waals surface area contributed by atoms with Crippen molar-refractivity contribution in [1.82, 2.24) is 9.78 Å². The maximum Gasteiger partial charge on any atom is 0.234 e. The second kappa shape index (κ2) is 7.45. The summed E-state index contributed by atoms with van der Waals surface area (Å²) in [6.07, 6.45) is 3.60. The molecule has 0 aliphatic carbocycles. The average molecular weight is 359 g/mol. The second-order valence-corrected chi connectivity index (χ2v) is 6.90. The highest BCUT2D eigenvalue weighted by atomic mass is 32.2. The topological polar surface area (TPSA) is 46.9 Å². The molecule has 5 heteroatoms. The van der Waals surface area contributed by atoms with E-state index in [-0.39, 0.29) is 5.91 Å². The van der Waals surface area contributed by atoms with Crippen molar-refractivity contribution in [3.05, 3.63) is 85.2 Å². The summed E-state index contributed by atoms with van der Waals surface area (Å²) < 4.78 is 1.76. The molecule has 1 aromatic heterocycles. The number of thioether (sulfide) groups is 1. The Balaban J connectivity index is 1.40. The molecule has 26 heavy (non-hydrogen) atoms. The van der Waals surface area contributed by atoms with Gasteiger partial charge < -0.3 is 5.32 Å². The minimum absolute atomic E-state index is 0.0271. The molecule has 0 fully saturated rings. The highest BCUT2D eigenvalue weighted by Crippen LogP contribution is 2.24. The first kappa shape index (κ1) is 16.4. The minimum atomic E-state index is -0.0271. The smallest absolute Gasteiger partial charge is 0.234 e. The number of nitrogens with one attached hydrogen (secondary N) is 1. The van der Waals surface area contributed by atoms with Crippen LogP contribution in [-0.4, -0.2) is 21.4 Å². The minimum Gasteiger partial charge on any atom is -0.325 e. The van der Waals surface area contributed by atoms with Crippen molar-refractivity contribution >= 4 is 34.1 Å². The van der Waals surface area contributed by atoms with Crippen LogP contribution in [0.15, 0.2) is 90.1 Å². The number of carbonyl (C=O) groups excluding carboxylic acids is 1. The standard InChI is InChI=1S/C21H17N3OS/c25-21(15-26-20-10-9-16-5-1-2-6-17(16)13-20)23-18-7-3-8-19(14-18)24-12-4-11-22-24/h1-14H,15H2,(H,23,25). The van der Waals surface area contributed by atoms with Gasteiger partial charge in [-0.25, -0.2) is 4.68 Å². The predicted octanol–water partition coefficient (Wildman–Crippen LogP) is 4.76. The number of amides is 1. The first-order valence-corrected chi connectivity index (χ1v) is 9.28. The molecule has 0 aliphatic rings. The Kier molecular flexibility index (Phi) is 4.71. The second-order valence-electron chi connectivity index (χ2n) is 5.85. The van der Waals surface area contributed by atoms with Crippen LogP contribution in [0.5, 0.6) is 0 Å². The van der Waals surface area contributed by atoms with Crippen molar-refractivity contribution < 1.29 is 4.79 Å². The lowest BCUT2D eigenvalue weighted by Crippen LogP contribution is -2.14. The van der Waals surface area contributed by atoms with Gasteiger partial charge in [-0.2, -0.15) is 5.10 Å². The fourth-order valence-electron chi connectivity index (χ4n) is 2.75. The number of benzene rings is 3. The summed E-state index contributed by atoms with van der Waals surface area (Å²) in [5.41, 5.74) is 1.68. The van der Waals surface area contributed by atoms with Crippen molar-refractivity contribution in [3.8, 4) is 5.69 Å². The normalized spacial score (nSPS) is 10.8. The molecule has 128 valence electrons. The molecule has 4 nitrogen and oxygen atoms in total. The zero-order valence-corrected chi connectivity index (χ0v) is 14.8. The van der Waals surface area contributed by atoms with E-state index in [1.165, 1.54) is 22.5 Å². The van der Waals surface area contributed by atoms with Gasteiger partial charge in [0.2, 0.25) is 5.91 Å². The molecule has 1 N–H and O–H groups in total. The predicted molar refractivity (Wildman–Crippen MR) is 107 cm³/mol. The lowest BCUT2D eigenvalue weighted by molar-refractivity contribution is -0.113. The lowest BCUT2D eigenvalue weighted by Gasteiger charge is -2.08. The molecule has 4 aromatic rings. The van der Waals surface area contributed by atoms with Gasteiger partial charge in [0.1, 0.15) is 0 Å². The molecule has 4 rings (SSSR count). The first-order valence-electron chi connectivity index (χ1n) is 8.29. The third-order valence-corrected chi connectivity index (χ3v) is 4.98. The van der Waals surface area contributed by atoms with Gasteiger partial charge >= 0.3 is 0 Å². The Hall–Kier alpha value is -3.05. The summed E-state index contributed by atoms with van der Waals surface area (Å²) in [5.74, 6) is 0.338. The molecular formula is C21H17N3OS. The van der Waals surface area contributed by atoms with Crippen LogP contribution in [0.2, 0.25) is 0 Å². The lowest BCUT2D eigenvalue weighted by atomic mass is 10.1. The quantitative estimate of drug-likeness (QED) is 0.523. The molecule has 3 aromatic carbocycles. The molecule has 0 radical (unpaired) electrons. The van der Waals surface area contributed by atoms with Crippen LogP contribution in [-0.2, 0) is 4.79 Å². The van der Waals surface area contributed by atoms with Crippen LogP contribution >= 0.6 is 11.8 Å². The summed E-state index contributed by atoms with van der Waals surface area (Å²) in [5, 5.41) is 9.55. The van der Waals surface area contributed by atoms with Crippen LogP contribution in [0.1, 0.15) is 0 Å². The van der Waals surface area contributed by atoms with Crippen molar-refractivity contribution in [2.45, 2.75) is 4.90 Å². The first-order chi connectivity index (χ1) is 12.8. The zero-order chi connectivity index (χ0) is 17.8. The number of hydrogen-bond acceptors (Lipinski definition) is 3. The van der Waals surface area contributed by atoms with Crippen LogP contribution in [0.25, 0.3) is 16.5 Å². The molecule has 0 unspecified atom stereocenters. The van der Waals surface area contributed by atoms with E-state index in [2.05, 4.69) is 40.7 Å². The number of carbonyl (C=O) groups is 1. The van der Waals surface area contributed by atoms with Crippen molar-refractivity contribution in [3.63, 3.8) is 0 Å². The molecule has 0 spiro atoms. The maximum absolute atomic E-state index is 12.3. The van der Waals surface area contributed by atoms with Crippen LogP contribution < -0.4 is 5.32 Å². The van der Waals surface area contributed by atoms with E-state index in [0.717, 1.165) is 16.3 Å². The molecule has 1 amide bonds. The van der Waals surface area contributed by atoms with Gasteiger partial charge in [0.05, 0.1) is 11.4 Å². The van der Waals surface area contributed by atoms with Gasteiger partial charge in [-0.3, -0.25) is 4.79 Å². The SMILES string of the molecule is O=C(CSc1ccc2ccccc2c1)Nc1cccc(-n2cccn2)c1. The largest absolute Gasteiger partial charge is 0.325 e. The highest BCUT2D eigenvalue weighted by molar-refractivity contribution is 8.00. The summed E-state index contributed by atoms with van der Waals surface area (Å²) in [7, 11) is 0. The van der Waals surface area contributed by atoms with E-state index in [0.29, 0.717) is 5.75 Å². The van der Waals surface area contributed by atoms with Gasteiger partial charge in [-0.05, 0) is 47.2 Å². The number of hydrogen-bond donors (Lipinski definition) is 1. The maximum atomic E-state index is 12.3.